The van der Waals surface area contributed by atoms with Crippen LogP contribution in [0.25, 0.3) is 33.6 Å². The van der Waals surface area contributed by atoms with Gasteiger partial charge < -0.3 is 4.74 Å². The third-order valence-corrected chi connectivity index (χ3v) is 5.32. The molecule has 5 aromatic rings. The zero-order valence-electron chi connectivity index (χ0n) is 16.8. The second-order valence-corrected chi connectivity index (χ2v) is 7.56. The molecule has 0 radical (unpaired) electrons. The summed E-state index contributed by atoms with van der Waals surface area (Å²) in [6, 6.07) is 15.4. The van der Waals surface area contributed by atoms with Crippen molar-refractivity contribution < 1.29 is 9.53 Å². The standard InChI is InChI=1S/C22H17ClN6O2/c1-13-3-9-16(10-4-13)28-22-20(18(27-28)11-19(30)31-2)25-26-21-17(12-24-29(21)22)14-5-7-15(23)8-6-14/h3-10,12H,11H2,1-2H3. The normalized spacial score (nSPS) is 11.3. The first-order chi connectivity index (χ1) is 15.0. The Hall–Kier alpha value is -3.78. The summed E-state index contributed by atoms with van der Waals surface area (Å²) in [5.41, 5.74) is 5.85. The molecule has 2 aromatic carbocycles. The number of hydrogen-bond acceptors (Lipinski definition) is 6. The Morgan fingerprint density at radius 1 is 1.06 bits per heavy atom. The number of carbonyl (C=O) groups excluding carboxylic acids is 1. The number of methoxy groups -OCH3 is 1. The first-order valence-electron chi connectivity index (χ1n) is 9.57. The van der Waals surface area contributed by atoms with Gasteiger partial charge in [0.15, 0.2) is 16.8 Å². The summed E-state index contributed by atoms with van der Waals surface area (Å²) in [6.45, 7) is 2.02. The third kappa shape index (κ3) is 3.30. The van der Waals surface area contributed by atoms with Gasteiger partial charge in [-0.1, -0.05) is 41.4 Å². The molecular weight excluding hydrogens is 416 g/mol. The van der Waals surface area contributed by atoms with Crippen molar-refractivity contribution in [1.29, 1.82) is 0 Å². The molecule has 0 unspecified atom stereocenters. The minimum Gasteiger partial charge on any atom is -0.469 e. The van der Waals surface area contributed by atoms with Gasteiger partial charge in [0.1, 0.15) is 5.69 Å². The van der Waals surface area contributed by atoms with Gasteiger partial charge in [-0.2, -0.15) is 14.7 Å². The Kier molecular flexibility index (Phi) is 4.63. The molecule has 0 aliphatic rings. The molecule has 0 aliphatic carbocycles. The van der Waals surface area contributed by atoms with Crippen molar-refractivity contribution in [2.75, 3.05) is 7.11 Å². The number of carbonyl (C=O) groups is 1. The van der Waals surface area contributed by atoms with Crippen LogP contribution in [0.15, 0.2) is 54.7 Å². The number of esters is 1. The van der Waals surface area contributed by atoms with E-state index in [4.69, 9.17) is 16.3 Å². The molecule has 0 spiro atoms. The predicted molar refractivity (Wildman–Crippen MR) is 116 cm³/mol. The summed E-state index contributed by atoms with van der Waals surface area (Å²) in [5.74, 6) is -0.403. The molecule has 0 atom stereocenters. The van der Waals surface area contributed by atoms with Gasteiger partial charge >= 0.3 is 5.97 Å². The number of hydrogen-bond donors (Lipinski definition) is 0. The summed E-state index contributed by atoms with van der Waals surface area (Å²) < 4.78 is 8.25. The number of aromatic nitrogens is 6. The Labute approximate surface area is 182 Å². The fourth-order valence-electron chi connectivity index (χ4n) is 3.45. The number of rotatable bonds is 4. The van der Waals surface area contributed by atoms with Gasteiger partial charge in [-0.3, -0.25) is 4.79 Å². The van der Waals surface area contributed by atoms with Crippen LogP contribution in [0.5, 0.6) is 0 Å². The highest BCUT2D eigenvalue weighted by atomic mass is 35.5. The lowest BCUT2D eigenvalue weighted by Gasteiger charge is -2.05. The molecule has 0 bridgehead atoms. The summed E-state index contributed by atoms with van der Waals surface area (Å²) in [7, 11) is 1.34. The van der Waals surface area contributed by atoms with Gasteiger partial charge in [0, 0.05) is 10.6 Å². The maximum Gasteiger partial charge on any atom is 0.311 e. The van der Waals surface area contributed by atoms with Crippen LogP contribution in [0.3, 0.4) is 0 Å². The number of fused-ring (bicyclic) bond motifs is 3. The summed E-state index contributed by atoms with van der Waals surface area (Å²) in [6.07, 6.45) is 1.72. The van der Waals surface area contributed by atoms with Crippen molar-refractivity contribution in [3.8, 4) is 16.8 Å². The summed E-state index contributed by atoms with van der Waals surface area (Å²) in [5, 5.41) is 18.7. The van der Waals surface area contributed by atoms with E-state index in [-0.39, 0.29) is 6.42 Å². The van der Waals surface area contributed by atoms with E-state index < -0.39 is 5.97 Å². The van der Waals surface area contributed by atoms with E-state index in [0.717, 1.165) is 22.4 Å². The Morgan fingerprint density at radius 2 is 1.81 bits per heavy atom. The molecule has 0 aliphatic heterocycles. The fourth-order valence-corrected chi connectivity index (χ4v) is 3.58. The zero-order chi connectivity index (χ0) is 21.5. The van der Waals surface area contributed by atoms with E-state index in [9.17, 15) is 4.79 Å². The van der Waals surface area contributed by atoms with Crippen molar-refractivity contribution >= 4 is 34.4 Å². The second-order valence-electron chi connectivity index (χ2n) is 7.12. The lowest BCUT2D eigenvalue weighted by molar-refractivity contribution is -0.139. The van der Waals surface area contributed by atoms with Crippen LogP contribution in [-0.4, -0.2) is 42.7 Å². The van der Waals surface area contributed by atoms with Crippen molar-refractivity contribution in [3.05, 3.63) is 71.0 Å². The van der Waals surface area contributed by atoms with E-state index in [1.54, 1.807) is 15.4 Å². The van der Waals surface area contributed by atoms with Crippen LogP contribution >= 0.6 is 11.6 Å². The molecule has 154 valence electrons. The van der Waals surface area contributed by atoms with Crippen LogP contribution in [0.4, 0.5) is 0 Å². The number of nitrogens with zero attached hydrogens (tertiary/aromatic N) is 6. The molecule has 5 rings (SSSR count). The number of benzene rings is 2. The van der Waals surface area contributed by atoms with E-state index in [1.807, 2.05) is 55.5 Å². The average Bonchev–Trinajstić information content (AvgIpc) is 3.36. The SMILES string of the molecule is COC(=O)Cc1nn(-c2ccc(C)cc2)c2c1nnc1c(-c3ccc(Cl)cc3)cnn12. The van der Waals surface area contributed by atoms with Crippen molar-refractivity contribution in [1.82, 2.24) is 29.6 Å². The first-order valence-corrected chi connectivity index (χ1v) is 9.95. The van der Waals surface area contributed by atoms with Gasteiger partial charge in [-0.25, -0.2) is 4.68 Å². The third-order valence-electron chi connectivity index (χ3n) is 5.07. The van der Waals surface area contributed by atoms with Crippen LogP contribution in [0.2, 0.25) is 5.02 Å². The largest absolute Gasteiger partial charge is 0.469 e. The number of ether oxygens (including phenoxy) is 1. The summed E-state index contributed by atoms with van der Waals surface area (Å²) >= 11 is 6.03. The molecule has 9 heteroatoms. The first kappa shape index (κ1) is 19.2. The monoisotopic (exact) mass is 432 g/mol. The highest BCUT2D eigenvalue weighted by Gasteiger charge is 2.22. The number of halogens is 1. The van der Waals surface area contributed by atoms with Crippen molar-refractivity contribution in [2.45, 2.75) is 13.3 Å². The molecule has 0 saturated heterocycles. The second kappa shape index (κ2) is 7.48. The van der Waals surface area contributed by atoms with Gasteiger partial charge in [0.05, 0.1) is 25.4 Å². The molecule has 0 fully saturated rings. The fraction of sp³-hybridized carbons (Fsp3) is 0.136. The van der Waals surface area contributed by atoms with Gasteiger partial charge in [0.2, 0.25) is 0 Å². The molecule has 0 N–H and O–H groups in total. The molecule has 0 amide bonds. The highest BCUT2D eigenvalue weighted by molar-refractivity contribution is 6.30. The topological polar surface area (TPSA) is 87.2 Å². The van der Waals surface area contributed by atoms with Gasteiger partial charge in [0.25, 0.3) is 0 Å². The molecule has 3 aromatic heterocycles. The maximum absolute atomic E-state index is 11.9. The lowest BCUT2D eigenvalue weighted by atomic mass is 10.1. The molecule has 3 heterocycles. The Bertz CT molecular complexity index is 1420. The van der Waals surface area contributed by atoms with Crippen LogP contribution in [-0.2, 0) is 16.0 Å². The average molecular weight is 433 g/mol. The van der Waals surface area contributed by atoms with E-state index in [2.05, 4.69) is 20.4 Å². The minimum absolute atomic E-state index is 0.0165. The molecular formula is C22H17ClN6O2. The van der Waals surface area contributed by atoms with E-state index in [0.29, 0.717) is 27.5 Å². The molecule has 31 heavy (non-hydrogen) atoms. The lowest BCUT2D eigenvalue weighted by Crippen LogP contribution is -2.06. The molecule has 0 saturated carbocycles. The summed E-state index contributed by atoms with van der Waals surface area (Å²) in [4.78, 5) is 11.9. The van der Waals surface area contributed by atoms with Crippen LogP contribution in [0, 0.1) is 6.92 Å². The zero-order valence-corrected chi connectivity index (χ0v) is 17.5. The Balaban J connectivity index is 1.77. The maximum atomic E-state index is 11.9. The van der Waals surface area contributed by atoms with E-state index in [1.165, 1.54) is 7.11 Å². The smallest absolute Gasteiger partial charge is 0.311 e. The van der Waals surface area contributed by atoms with E-state index >= 15 is 0 Å². The Morgan fingerprint density at radius 3 is 2.52 bits per heavy atom. The predicted octanol–water partition coefficient (Wildman–Crippen LogP) is 3.81. The van der Waals surface area contributed by atoms with Crippen molar-refractivity contribution in [2.24, 2.45) is 0 Å². The molecule has 8 nitrogen and oxygen atoms in total. The van der Waals surface area contributed by atoms with Crippen LogP contribution in [0.1, 0.15) is 11.3 Å². The highest BCUT2D eigenvalue weighted by Crippen LogP contribution is 2.28. The van der Waals surface area contributed by atoms with Crippen LogP contribution < -0.4 is 0 Å². The van der Waals surface area contributed by atoms with Crippen molar-refractivity contribution in [3.63, 3.8) is 0 Å². The number of aryl methyl sites for hydroxylation is 1. The van der Waals surface area contributed by atoms with Gasteiger partial charge in [-0.15, -0.1) is 10.2 Å². The quantitative estimate of drug-likeness (QED) is 0.401. The minimum atomic E-state index is -0.403. The van der Waals surface area contributed by atoms with Gasteiger partial charge in [-0.05, 0) is 36.8 Å².